The van der Waals surface area contributed by atoms with Crippen LogP contribution in [0.25, 0.3) is 0 Å². The Morgan fingerprint density at radius 2 is 1.59 bits per heavy atom. The maximum Gasteiger partial charge on any atom is 0.410 e. The first-order valence-electron chi connectivity index (χ1n) is 20.5. The minimum atomic E-state index is -1.05. The fourth-order valence-electron chi connectivity index (χ4n) is 8.82. The molecule has 58 heavy (non-hydrogen) atoms. The second-order valence-electron chi connectivity index (χ2n) is 15.7. The van der Waals surface area contributed by atoms with Crippen molar-refractivity contribution in [3.8, 4) is 11.5 Å². The largest absolute Gasteiger partial charge is 0.486 e. The molecule has 1 N–H and O–H groups in total. The Balaban J connectivity index is 0.889. The zero-order valence-electron chi connectivity index (χ0n) is 33.1. The highest BCUT2D eigenvalue weighted by Gasteiger charge is 2.37. The monoisotopic (exact) mass is 792 g/mol. The molecule has 306 valence electrons. The summed E-state index contributed by atoms with van der Waals surface area (Å²) in [4.78, 5) is 67.0. The molecule has 0 aromatic heterocycles. The molecule has 5 aliphatic rings. The van der Waals surface area contributed by atoms with E-state index >= 15 is 0 Å². The molecule has 3 aromatic carbocycles. The molecule has 1 unspecified atom stereocenters. The summed E-state index contributed by atoms with van der Waals surface area (Å²) >= 11 is 0. The molecule has 0 saturated carbocycles. The van der Waals surface area contributed by atoms with Gasteiger partial charge >= 0.3 is 12.1 Å². The SMILES string of the molecule is Cc1cc(C[C@@H](OC(=O)N2CCC(N3CCc4ccccc4NC3=O)CC2)C(=O)N2CCN(C3CCN(OCc4ccccc4)C(=C=O)C3)CC2)cc2c1OCCO2. The van der Waals surface area contributed by atoms with Gasteiger partial charge in [0, 0.05) is 83.0 Å². The van der Waals surface area contributed by atoms with E-state index in [1.807, 2.05) is 78.6 Å². The first kappa shape index (κ1) is 39.3. The van der Waals surface area contributed by atoms with Crippen molar-refractivity contribution in [1.29, 1.82) is 0 Å². The minimum Gasteiger partial charge on any atom is -0.486 e. The lowest BCUT2D eigenvalue weighted by Crippen LogP contribution is -2.56. The van der Waals surface area contributed by atoms with Crippen molar-refractivity contribution < 1.29 is 38.2 Å². The topological polar surface area (TPSA) is 133 Å². The van der Waals surface area contributed by atoms with Gasteiger partial charge in [-0.2, -0.15) is 0 Å². The van der Waals surface area contributed by atoms with E-state index in [4.69, 9.17) is 19.0 Å². The van der Waals surface area contributed by atoms with E-state index in [1.165, 1.54) is 0 Å². The van der Waals surface area contributed by atoms with Crippen molar-refractivity contribution in [3.63, 3.8) is 0 Å². The van der Waals surface area contributed by atoms with Gasteiger partial charge < -0.3 is 34.2 Å². The minimum absolute atomic E-state index is 0.0140. The molecule has 5 aliphatic heterocycles. The van der Waals surface area contributed by atoms with Crippen LogP contribution in [0.1, 0.15) is 47.9 Å². The van der Waals surface area contributed by atoms with Crippen LogP contribution in [0.15, 0.2) is 72.4 Å². The number of rotatable bonds is 9. The number of hydrogen-bond donors (Lipinski definition) is 1. The van der Waals surface area contributed by atoms with Gasteiger partial charge in [0.25, 0.3) is 5.91 Å². The molecule has 14 heteroatoms. The van der Waals surface area contributed by atoms with Gasteiger partial charge in [-0.05, 0) is 67.0 Å². The number of nitrogens with zero attached hydrogens (tertiary/aromatic N) is 5. The summed E-state index contributed by atoms with van der Waals surface area (Å²) in [5.41, 5.74) is 5.18. The van der Waals surface area contributed by atoms with Gasteiger partial charge in [0.05, 0.1) is 6.61 Å². The molecule has 0 radical (unpaired) electrons. The molecule has 4 amide bonds. The van der Waals surface area contributed by atoms with Crippen molar-refractivity contribution in [2.75, 3.05) is 70.9 Å². The molecule has 3 saturated heterocycles. The van der Waals surface area contributed by atoms with Crippen LogP contribution in [0, 0.1) is 6.92 Å². The number of hydroxylamine groups is 2. The van der Waals surface area contributed by atoms with Gasteiger partial charge in [0.1, 0.15) is 24.9 Å². The zero-order valence-corrected chi connectivity index (χ0v) is 33.1. The van der Waals surface area contributed by atoms with Gasteiger partial charge in [0.2, 0.25) is 0 Å². The van der Waals surface area contributed by atoms with Crippen LogP contribution in [-0.4, -0.2) is 132 Å². The number of benzene rings is 3. The van der Waals surface area contributed by atoms with Crippen LogP contribution < -0.4 is 14.8 Å². The van der Waals surface area contributed by atoms with Gasteiger partial charge in [-0.3, -0.25) is 14.5 Å². The highest BCUT2D eigenvalue weighted by Crippen LogP contribution is 2.35. The van der Waals surface area contributed by atoms with Crippen molar-refractivity contribution in [1.82, 2.24) is 24.7 Å². The number of likely N-dealkylation sites (tertiary alicyclic amines) is 1. The van der Waals surface area contributed by atoms with Gasteiger partial charge in [0.15, 0.2) is 17.6 Å². The van der Waals surface area contributed by atoms with Crippen LogP contribution >= 0.6 is 0 Å². The Hall–Kier alpha value is -5.56. The lowest BCUT2D eigenvalue weighted by Gasteiger charge is -2.43. The van der Waals surface area contributed by atoms with E-state index < -0.39 is 12.2 Å². The lowest BCUT2D eigenvalue weighted by atomic mass is 10.0. The average Bonchev–Trinajstić information content (AvgIpc) is 3.43. The third-order valence-corrected chi connectivity index (χ3v) is 12.0. The van der Waals surface area contributed by atoms with Gasteiger partial charge in [-0.15, -0.1) is 0 Å². The molecule has 5 heterocycles. The third kappa shape index (κ3) is 8.94. The number of para-hydroxylation sites is 1. The maximum absolute atomic E-state index is 14.4. The summed E-state index contributed by atoms with van der Waals surface area (Å²) < 4.78 is 17.9. The molecule has 3 fully saturated rings. The van der Waals surface area contributed by atoms with Gasteiger partial charge in [-0.25, -0.2) is 19.4 Å². The summed E-state index contributed by atoms with van der Waals surface area (Å²) in [5, 5.41) is 4.72. The number of amides is 4. The number of urea groups is 1. The number of hydrogen-bond acceptors (Lipinski definition) is 10. The van der Waals surface area contributed by atoms with Crippen LogP contribution in [-0.2, 0) is 38.6 Å². The molecule has 0 spiro atoms. The molecule has 8 rings (SSSR count). The third-order valence-electron chi connectivity index (χ3n) is 12.0. The number of carbonyl (C=O) groups is 3. The van der Waals surface area contributed by atoms with E-state index in [2.05, 4.69) is 16.2 Å². The number of piperidine rings is 2. The Morgan fingerprint density at radius 3 is 2.38 bits per heavy atom. The summed E-state index contributed by atoms with van der Waals surface area (Å²) in [6.45, 7) is 7.40. The second kappa shape index (κ2) is 17.9. The standard InChI is InChI=1S/C44H52N6O8/c1-31-25-33(26-39-41(31)56-24-23-55-39)27-40(58-44(54)48-15-12-35(13-16-48)49-17-11-34-9-5-6-10-38(34)45-43(49)53)42(52)47-21-19-46(20-22-47)36-14-18-50(37(28-36)29-51)57-30-32-7-3-2-4-8-32/h2-10,25-26,35-36,40H,11-24,27-28,30H2,1H3,(H,45,53)/t36?,40-/m1/s1. The highest BCUT2D eigenvalue weighted by atomic mass is 16.7. The first-order chi connectivity index (χ1) is 28.3. The molecular weight excluding hydrogens is 741 g/mol. The molecule has 0 aliphatic carbocycles. The fraction of sp³-hybridized carbons (Fsp3) is 0.477. The molecular formula is C44H52N6O8. The lowest BCUT2D eigenvalue weighted by molar-refractivity contribution is -0.158. The summed E-state index contributed by atoms with van der Waals surface area (Å²) in [5.74, 6) is 3.18. The summed E-state index contributed by atoms with van der Waals surface area (Å²) in [6.07, 6.45) is 1.90. The Bertz CT molecular complexity index is 2010. The van der Waals surface area contributed by atoms with Crippen LogP contribution in [0.5, 0.6) is 11.5 Å². The number of anilines is 1. The molecule has 3 aromatic rings. The number of piperazine rings is 1. The number of fused-ring (bicyclic) bond motifs is 2. The van der Waals surface area contributed by atoms with Crippen molar-refractivity contribution >= 4 is 29.7 Å². The quantitative estimate of drug-likeness (QED) is 0.301. The highest BCUT2D eigenvalue weighted by molar-refractivity contribution is 5.91. The van der Waals surface area contributed by atoms with Gasteiger partial charge in [-0.1, -0.05) is 54.6 Å². The first-order valence-corrected chi connectivity index (χ1v) is 20.5. The Kier molecular flexibility index (Phi) is 12.1. The molecule has 2 atom stereocenters. The number of nitrogens with one attached hydrogen (secondary N) is 1. The predicted molar refractivity (Wildman–Crippen MR) is 215 cm³/mol. The second-order valence-corrected chi connectivity index (χ2v) is 15.7. The van der Waals surface area contributed by atoms with Crippen molar-refractivity contribution in [2.24, 2.45) is 0 Å². The summed E-state index contributed by atoms with van der Waals surface area (Å²) in [7, 11) is 0. The van der Waals surface area contributed by atoms with E-state index in [-0.39, 0.29) is 30.4 Å². The number of carbonyl (C=O) groups excluding carboxylic acids is 4. The Morgan fingerprint density at radius 1 is 0.845 bits per heavy atom. The number of ether oxygens (including phenoxy) is 3. The molecule has 14 nitrogen and oxygen atoms in total. The average molecular weight is 793 g/mol. The van der Waals surface area contributed by atoms with E-state index in [0.717, 1.165) is 40.8 Å². The van der Waals surface area contributed by atoms with Crippen LogP contribution in [0.2, 0.25) is 0 Å². The van der Waals surface area contributed by atoms with E-state index in [1.54, 1.807) is 14.9 Å². The van der Waals surface area contributed by atoms with Crippen molar-refractivity contribution in [3.05, 3.63) is 94.7 Å². The fourth-order valence-corrected chi connectivity index (χ4v) is 8.82. The van der Waals surface area contributed by atoms with Crippen molar-refractivity contribution in [2.45, 2.75) is 70.2 Å². The van der Waals surface area contributed by atoms with Crippen LogP contribution in [0.3, 0.4) is 0 Å². The normalized spacial score (nSPS) is 20.7. The maximum atomic E-state index is 14.4. The smallest absolute Gasteiger partial charge is 0.410 e. The summed E-state index contributed by atoms with van der Waals surface area (Å²) in [6, 6.07) is 21.5. The van der Waals surface area contributed by atoms with E-state index in [0.29, 0.717) is 109 Å². The van der Waals surface area contributed by atoms with E-state index in [9.17, 15) is 19.2 Å². The molecule has 0 bridgehead atoms. The Labute approximate surface area is 339 Å². The number of aryl methyl sites for hydroxylation is 1. The zero-order chi connectivity index (χ0) is 40.0. The van der Waals surface area contributed by atoms with Crippen LogP contribution in [0.4, 0.5) is 15.3 Å². The predicted octanol–water partition coefficient (Wildman–Crippen LogP) is 4.82.